The van der Waals surface area contributed by atoms with Crippen molar-refractivity contribution in [1.29, 1.82) is 0 Å². The Morgan fingerprint density at radius 1 is 0.425 bits per heavy atom. The minimum Gasteiger partial charge on any atom is -0.468 e. The molecule has 0 fully saturated rings. The van der Waals surface area contributed by atoms with E-state index in [0.717, 1.165) is 39.9 Å². The Labute approximate surface area is 445 Å². The lowest BCUT2D eigenvalue weighted by molar-refractivity contribution is -0.0116. The largest absolute Gasteiger partial charge is 0.468 e. The maximum Gasteiger partial charge on any atom is 0.338 e. The molecule has 0 aromatic heterocycles. The molecule has 0 aliphatic carbocycles. The first kappa shape index (κ1) is 62.8. The summed E-state index contributed by atoms with van der Waals surface area (Å²) in [6.07, 6.45) is 0. The van der Waals surface area contributed by atoms with Crippen LogP contribution in [0.15, 0.2) is 168 Å². The van der Waals surface area contributed by atoms with Gasteiger partial charge >= 0.3 is 5.97 Å². The van der Waals surface area contributed by atoms with Crippen LogP contribution in [0.5, 0.6) is 28.7 Å². The van der Waals surface area contributed by atoms with Crippen LogP contribution in [0, 0.1) is 41.5 Å². The maximum atomic E-state index is 11.7. The molecule has 6 nitrogen and oxygen atoms in total. The molecule has 0 spiro atoms. The summed E-state index contributed by atoms with van der Waals surface area (Å²) in [6.45, 7) is 38.5. The van der Waals surface area contributed by atoms with E-state index in [1.54, 1.807) is 24.3 Å². The Balaban J connectivity index is 0.000000373. The van der Waals surface area contributed by atoms with E-state index in [4.69, 9.17) is 23.7 Å². The average Bonchev–Trinajstić information content (AvgIpc) is 3.38. The van der Waals surface area contributed by atoms with E-state index in [1.165, 1.54) is 43.2 Å². The predicted octanol–water partition coefficient (Wildman–Crippen LogP) is 19.5. The second-order valence-electron chi connectivity index (χ2n) is 18.7. The molecule has 0 aliphatic rings. The molecule has 392 valence electrons. The van der Waals surface area contributed by atoms with Crippen LogP contribution in [-0.2, 0) is 20.3 Å². The van der Waals surface area contributed by atoms with Crippen molar-refractivity contribution in [3.8, 4) is 28.7 Å². The summed E-state index contributed by atoms with van der Waals surface area (Å²) < 4.78 is 28.7. The zero-order valence-electron chi connectivity index (χ0n) is 47.5. The van der Waals surface area contributed by atoms with Crippen LogP contribution in [0.4, 0.5) is 0 Å². The summed E-state index contributed by atoms with van der Waals surface area (Å²) in [7, 11) is 0. The molecule has 0 N–H and O–H groups in total. The first-order chi connectivity index (χ1) is 34.9. The summed E-state index contributed by atoms with van der Waals surface area (Å²) in [5, 5.41) is 0. The summed E-state index contributed by atoms with van der Waals surface area (Å²) >= 11 is 1.81. The normalized spacial score (nSPS) is 10.4. The summed E-state index contributed by atoms with van der Waals surface area (Å²) in [5.74, 6) is 3.89. The zero-order chi connectivity index (χ0) is 54.6. The lowest BCUT2D eigenvalue weighted by Crippen LogP contribution is -2.17. The van der Waals surface area contributed by atoms with Crippen molar-refractivity contribution < 1.29 is 28.5 Å². The molecule has 7 aromatic carbocycles. The van der Waals surface area contributed by atoms with Crippen LogP contribution in [0.2, 0.25) is 0 Å². The number of ether oxygens (including phenoxy) is 5. The predicted molar refractivity (Wildman–Crippen MR) is 311 cm³/mol. The first-order valence-electron chi connectivity index (χ1n) is 25.8. The number of esters is 1. The molecule has 0 aliphatic heterocycles. The number of carbonyl (C=O) groups excluding carboxylic acids is 1. The molecule has 7 aromatic rings. The lowest BCUT2D eigenvalue weighted by Gasteiger charge is -2.29. The minimum absolute atomic E-state index is 0.0954. The SMILES string of the molecule is CC.CC.CC.Cc1ccc(OCOCCOC(=O)c2ccccc2)cc1C.Cc1ccc(Oc2cc(C(C)(C)C)c(Oc3ccccc3)cc2C(C)(C)C)cc1C.Cc1ccc(Sc2ccccc2)cc1C. The maximum absolute atomic E-state index is 11.7. The fourth-order valence-electron chi connectivity index (χ4n) is 6.65. The number of aryl methyl sites for hydroxylation is 6. The van der Waals surface area contributed by atoms with E-state index in [1.807, 2.05) is 127 Å². The van der Waals surface area contributed by atoms with Gasteiger partial charge in [-0.25, -0.2) is 4.79 Å². The summed E-state index contributed by atoms with van der Waals surface area (Å²) in [4.78, 5) is 14.3. The molecule has 7 rings (SSSR count). The minimum atomic E-state index is -0.348. The van der Waals surface area contributed by atoms with Gasteiger partial charge in [-0.05, 0) is 171 Å². The molecule has 0 saturated carbocycles. The van der Waals surface area contributed by atoms with Crippen molar-refractivity contribution in [2.75, 3.05) is 20.0 Å². The Bertz CT molecular complexity index is 2650. The van der Waals surface area contributed by atoms with Gasteiger partial charge in [-0.15, -0.1) is 0 Å². The number of para-hydroxylation sites is 1. The monoisotopic (exact) mass is 1010 g/mol. The Morgan fingerprint density at radius 2 is 0.849 bits per heavy atom. The van der Waals surface area contributed by atoms with Gasteiger partial charge in [0.1, 0.15) is 35.4 Å². The summed E-state index contributed by atoms with van der Waals surface area (Å²) in [6, 6.07) is 52.4. The summed E-state index contributed by atoms with van der Waals surface area (Å²) in [5.41, 5.74) is 10.2. The Kier molecular flexibility index (Phi) is 28.2. The molecule has 0 saturated heterocycles. The smallest absolute Gasteiger partial charge is 0.338 e. The van der Waals surface area contributed by atoms with E-state index < -0.39 is 0 Å². The number of hydrogen-bond acceptors (Lipinski definition) is 7. The first-order valence-corrected chi connectivity index (χ1v) is 26.7. The van der Waals surface area contributed by atoms with Crippen LogP contribution in [0.25, 0.3) is 0 Å². The second-order valence-corrected chi connectivity index (χ2v) is 19.8. The molecule has 0 unspecified atom stereocenters. The quantitative estimate of drug-likeness (QED) is 0.0648. The van der Waals surface area contributed by atoms with Crippen LogP contribution < -0.4 is 14.2 Å². The number of hydrogen-bond donors (Lipinski definition) is 0. The van der Waals surface area contributed by atoms with Crippen LogP contribution in [0.1, 0.15) is 138 Å². The number of carbonyl (C=O) groups is 1. The molecule has 0 bridgehead atoms. The van der Waals surface area contributed by atoms with Gasteiger partial charge in [0.15, 0.2) is 6.79 Å². The third kappa shape index (κ3) is 22.2. The highest BCUT2D eigenvalue weighted by Gasteiger charge is 2.27. The highest BCUT2D eigenvalue weighted by atomic mass is 32.2. The van der Waals surface area contributed by atoms with E-state index in [0.29, 0.717) is 12.2 Å². The third-order valence-electron chi connectivity index (χ3n) is 11.1. The fourth-order valence-corrected chi connectivity index (χ4v) is 7.58. The van der Waals surface area contributed by atoms with Gasteiger partial charge in [-0.3, -0.25) is 0 Å². The molecular weight excluding hydrogens is 921 g/mol. The van der Waals surface area contributed by atoms with Gasteiger partial charge in [0.25, 0.3) is 0 Å². The molecule has 0 atom stereocenters. The highest BCUT2D eigenvalue weighted by Crippen LogP contribution is 2.44. The van der Waals surface area contributed by atoms with Gasteiger partial charge in [-0.2, -0.15) is 0 Å². The molecule has 7 heteroatoms. The molecular formula is C66H86O6S. The van der Waals surface area contributed by atoms with E-state index in [2.05, 4.69) is 143 Å². The van der Waals surface area contributed by atoms with Crippen molar-refractivity contribution in [3.05, 3.63) is 208 Å². The van der Waals surface area contributed by atoms with Gasteiger partial charge in [0, 0.05) is 20.9 Å². The molecule has 0 radical (unpaired) electrons. The van der Waals surface area contributed by atoms with E-state index in [-0.39, 0.29) is 30.2 Å². The van der Waals surface area contributed by atoms with Crippen molar-refractivity contribution in [2.24, 2.45) is 0 Å². The van der Waals surface area contributed by atoms with Gasteiger partial charge in [-0.1, -0.05) is 168 Å². The van der Waals surface area contributed by atoms with Gasteiger partial charge < -0.3 is 23.7 Å². The number of benzene rings is 7. The van der Waals surface area contributed by atoms with Crippen molar-refractivity contribution in [2.45, 2.75) is 145 Å². The zero-order valence-corrected chi connectivity index (χ0v) is 48.3. The van der Waals surface area contributed by atoms with Gasteiger partial charge in [0.2, 0.25) is 0 Å². The third-order valence-corrected chi connectivity index (χ3v) is 12.1. The van der Waals surface area contributed by atoms with Crippen molar-refractivity contribution in [1.82, 2.24) is 0 Å². The standard InChI is InChI=1S/C28H34O2.C18H20O4.C14H14S.3C2H6/c1-19-14-15-22(16-20(19)2)30-26-18-23(27(3,4)5)25(17-24(26)28(6,7)8)29-21-12-10-9-11-13-21;1-14-8-9-17(12-15(14)2)22-13-20-10-11-21-18(19)16-6-4-3-5-7-16;1-11-8-9-14(10-12(11)2)15-13-6-4-3-5-7-13;3*1-2/h9-18H,1-8H3;3-9,12H,10-11,13H2,1-2H3;3-10H,1-2H3;3*1-2H3. The second kappa shape index (κ2) is 32.7. The molecule has 73 heavy (non-hydrogen) atoms. The topological polar surface area (TPSA) is 63.2 Å². The van der Waals surface area contributed by atoms with Crippen LogP contribution in [-0.4, -0.2) is 26.0 Å². The Hall–Kier alpha value is -6.28. The van der Waals surface area contributed by atoms with Crippen molar-refractivity contribution in [3.63, 3.8) is 0 Å². The van der Waals surface area contributed by atoms with Crippen LogP contribution >= 0.6 is 11.8 Å². The van der Waals surface area contributed by atoms with Crippen LogP contribution in [0.3, 0.4) is 0 Å². The fraction of sp³-hybridized carbons (Fsp3) is 0.348. The average molecular weight is 1010 g/mol. The molecule has 0 heterocycles. The Morgan fingerprint density at radius 3 is 1.33 bits per heavy atom. The number of rotatable bonds is 13. The molecule has 0 amide bonds. The lowest BCUT2D eigenvalue weighted by atomic mass is 9.81. The van der Waals surface area contributed by atoms with E-state index >= 15 is 0 Å². The highest BCUT2D eigenvalue weighted by molar-refractivity contribution is 7.99. The van der Waals surface area contributed by atoms with E-state index in [9.17, 15) is 4.79 Å². The van der Waals surface area contributed by atoms with Crippen molar-refractivity contribution >= 4 is 17.7 Å². The van der Waals surface area contributed by atoms with Gasteiger partial charge in [0.05, 0.1) is 12.2 Å².